The lowest BCUT2D eigenvalue weighted by Crippen LogP contribution is -2.21. The van der Waals surface area contributed by atoms with Gasteiger partial charge in [-0.15, -0.1) is 0 Å². The molecule has 0 unspecified atom stereocenters. The van der Waals surface area contributed by atoms with Gasteiger partial charge in [0, 0.05) is 12.0 Å². The number of carbonyl (C=O) groups is 2. The Morgan fingerprint density at radius 3 is 2.64 bits per heavy atom. The van der Waals surface area contributed by atoms with E-state index in [9.17, 15) is 14.7 Å². The number of aromatic hydroxyl groups is 1. The normalized spacial score (nSPS) is 16.6. The molecule has 3 rings (SSSR count). The second-order valence-electron chi connectivity index (χ2n) is 5.26. The van der Waals surface area contributed by atoms with Crippen molar-refractivity contribution in [3.05, 3.63) is 58.1 Å². The number of halogens is 2. The summed E-state index contributed by atoms with van der Waals surface area (Å²) >= 11 is 13.2. The van der Waals surface area contributed by atoms with Crippen molar-refractivity contribution >= 4 is 57.5 Å². The first-order chi connectivity index (χ1) is 11.9. The van der Waals surface area contributed by atoms with Crippen LogP contribution in [0.25, 0.3) is 0 Å². The van der Waals surface area contributed by atoms with Crippen LogP contribution in [0.3, 0.4) is 0 Å². The molecule has 2 aromatic rings. The minimum Gasteiger partial charge on any atom is -0.508 e. The van der Waals surface area contributed by atoms with Crippen molar-refractivity contribution in [1.82, 2.24) is 0 Å². The summed E-state index contributed by atoms with van der Waals surface area (Å²) in [5.74, 6) is -0.578. The number of carbonyl (C=O) groups excluding carboxylic acids is 2. The van der Waals surface area contributed by atoms with Crippen LogP contribution in [-0.2, 0) is 9.59 Å². The van der Waals surface area contributed by atoms with Gasteiger partial charge in [-0.3, -0.25) is 9.59 Å². The van der Waals surface area contributed by atoms with Crippen LogP contribution < -0.4 is 5.32 Å². The van der Waals surface area contributed by atoms with Crippen molar-refractivity contribution in [2.24, 2.45) is 4.99 Å². The number of phenols is 1. The SMILES string of the molecule is O=C(C[C@H]1SC(c2ccc(O)cc2)=NC1=O)Nc1cccc(Cl)c1Cl. The van der Waals surface area contributed by atoms with Gasteiger partial charge in [-0.1, -0.05) is 41.0 Å². The number of nitrogens with one attached hydrogen (secondary N) is 1. The molecule has 0 saturated heterocycles. The van der Waals surface area contributed by atoms with Crippen molar-refractivity contribution in [2.45, 2.75) is 11.7 Å². The maximum Gasteiger partial charge on any atom is 0.260 e. The summed E-state index contributed by atoms with van der Waals surface area (Å²) in [7, 11) is 0. The van der Waals surface area contributed by atoms with Crippen molar-refractivity contribution in [2.75, 3.05) is 5.32 Å². The highest BCUT2D eigenvalue weighted by Crippen LogP contribution is 2.32. The van der Waals surface area contributed by atoms with E-state index in [-0.39, 0.29) is 29.0 Å². The van der Waals surface area contributed by atoms with E-state index in [4.69, 9.17) is 23.2 Å². The zero-order valence-corrected chi connectivity index (χ0v) is 15.0. The first kappa shape index (κ1) is 17.8. The van der Waals surface area contributed by atoms with Crippen LogP contribution in [-0.4, -0.2) is 27.2 Å². The van der Waals surface area contributed by atoms with E-state index in [1.54, 1.807) is 30.3 Å². The predicted molar refractivity (Wildman–Crippen MR) is 101 cm³/mol. The number of thioether (sulfide) groups is 1. The Morgan fingerprint density at radius 2 is 1.92 bits per heavy atom. The Labute approximate surface area is 158 Å². The molecule has 2 aromatic carbocycles. The Bertz CT molecular complexity index is 869. The van der Waals surface area contributed by atoms with Gasteiger partial charge in [0.2, 0.25) is 5.91 Å². The van der Waals surface area contributed by atoms with E-state index in [0.717, 1.165) is 5.56 Å². The molecule has 128 valence electrons. The summed E-state index contributed by atoms with van der Waals surface area (Å²) in [5.41, 5.74) is 1.12. The van der Waals surface area contributed by atoms with Gasteiger partial charge in [0.25, 0.3) is 5.91 Å². The monoisotopic (exact) mass is 394 g/mol. The average Bonchev–Trinajstić information content (AvgIpc) is 2.93. The minimum absolute atomic E-state index is 0.0303. The maximum absolute atomic E-state index is 12.2. The minimum atomic E-state index is -0.596. The maximum atomic E-state index is 12.2. The van der Waals surface area contributed by atoms with Gasteiger partial charge in [0.1, 0.15) is 16.0 Å². The molecule has 1 aliphatic heterocycles. The fraction of sp³-hybridized carbons (Fsp3) is 0.118. The zero-order valence-electron chi connectivity index (χ0n) is 12.7. The first-order valence-electron chi connectivity index (χ1n) is 7.26. The molecule has 8 heteroatoms. The molecule has 0 fully saturated rings. The molecule has 0 bridgehead atoms. The Morgan fingerprint density at radius 1 is 1.20 bits per heavy atom. The number of amides is 2. The standard InChI is InChI=1S/C17H12Cl2N2O3S/c18-11-2-1-3-12(15(11)19)20-14(23)8-13-16(24)21-17(25-13)9-4-6-10(22)7-5-9/h1-7,13,22H,8H2,(H,20,23)/t13-/m1/s1. The molecule has 2 amide bonds. The average molecular weight is 395 g/mol. The molecule has 2 N–H and O–H groups in total. The zero-order chi connectivity index (χ0) is 18.0. The summed E-state index contributed by atoms with van der Waals surface area (Å²) in [6.45, 7) is 0. The lowest BCUT2D eigenvalue weighted by Gasteiger charge is -2.10. The molecule has 0 spiro atoms. The highest BCUT2D eigenvalue weighted by molar-refractivity contribution is 8.16. The van der Waals surface area contributed by atoms with Gasteiger partial charge < -0.3 is 10.4 Å². The largest absolute Gasteiger partial charge is 0.508 e. The lowest BCUT2D eigenvalue weighted by molar-refractivity contribution is -0.121. The smallest absolute Gasteiger partial charge is 0.260 e. The van der Waals surface area contributed by atoms with Crippen molar-refractivity contribution in [3.63, 3.8) is 0 Å². The highest BCUT2D eigenvalue weighted by Gasteiger charge is 2.31. The number of anilines is 1. The number of hydrogen-bond acceptors (Lipinski definition) is 4. The molecule has 0 saturated carbocycles. The second kappa shape index (κ2) is 7.47. The lowest BCUT2D eigenvalue weighted by atomic mass is 10.2. The van der Waals surface area contributed by atoms with Gasteiger partial charge in [-0.2, -0.15) is 0 Å². The van der Waals surface area contributed by atoms with Crippen molar-refractivity contribution in [1.29, 1.82) is 0 Å². The summed E-state index contributed by atoms with van der Waals surface area (Å²) < 4.78 is 0. The number of aliphatic imine (C=N–C) groups is 1. The second-order valence-corrected chi connectivity index (χ2v) is 7.24. The molecular weight excluding hydrogens is 383 g/mol. The van der Waals surface area contributed by atoms with Gasteiger partial charge in [-0.05, 0) is 36.4 Å². The number of rotatable bonds is 4. The Balaban J connectivity index is 1.64. The summed E-state index contributed by atoms with van der Waals surface area (Å²) in [5, 5.41) is 12.5. The fourth-order valence-corrected chi connectivity index (χ4v) is 3.64. The first-order valence-corrected chi connectivity index (χ1v) is 8.90. The van der Waals surface area contributed by atoms with E-state index >= 15 is 0 Å². The van der Waals surface area contributed by atoms with Crippen LogP contribution in [0.2, 0.25) is 10.0 Å². The molecule has 5 nitrogen and oxygen atoms in total. The van der Waals surface area contributed by atoms with Gasteiger partial charge in [0.05, 0.1) is 15.7 Å². The summed E-state index contributed by atoms with van der Waals surface area (Å²) in [6.07, 6.45) is -0.0303. The number of benzene rings is 2. The fourth-order valence-electron chi connectivity index (χ4n) is 2.22. The number of nitrogens with zero attached hydrogens (tertiary/aromatic N) is 1. The van der Waals surface area contributed by atoms with Gasteiger partial charge in [-0.25, -0.2) is 4.99 Å². The van der Waals surface area contributed by atoms with Crippen LogP contribution in [0.4, 0.5) is 5.69 Å². The third-order valence-electron chi connectivity index (χ3n) is 3.45. The molecule has 1 aliphatic rings. The molecule has 1 atom stereocenters. The molecule has 25 heavy (non-hydrogen) atoms. The predicted octanol–water partition coefficient (Wildman–Crippen LogP) is 4.12. The Hall–Kier alpha value is -2.02. The molecule has 0 radical (unpaired) electrons. The van der Waals surface area contributed by atoms with E-state index in [0.29, 0.717) is 15.8 Å². The van der Waals surface area contributed by atoms with Gasteiger partial charge in [0.15, 0.2) is 0 Å². The third-order valence-corrected chi connectivity index (χ3v) is 5.47. The highest BCUT2D eigenvalue weighted by atomic mass is 35.5. The topological polar surface area (TPSA) is 78.8 Å². The molecular formula is C17H12Cl2N2O3S. The van der Waals surface area contributed by atoms with E-state index in [1.807, 2.05) is 0 Å². The third kappa shape index (κ3) is 4.15. The van der Waals surface area contributed by atoms with Crippen molar-refractivity contribution < 1.29 is 14.7 Å². The summed E-state index contributed by atoms with van der Waals surface area (Å²) in [4.78, 5) is 28.2. The molecule has 0 aromatic heterocycles. The van der Waals surface area contributed by atoms with E-state index < -0.39 is 5.25 Å². The molecule has 0 aliphatic carbocycles. The van der Waals surface area contributed by atoms with Crippen LogP contribution in [0, 0.1) is 0 Å². The quantitative estimate of drug-likeness (QED) is 0.817. The van der Waals surface area contributed by atoms with Crippen LogP contribution in [0.1, 0.15) is 12.0 Å². The van der Waals surface area contributed by atoms with Crippen LogP contribution >= 0.6 is 35.0 Å². The van der Waals surface area contributed by atoms with E-state index in [2.05, 4.69) is 10.3 Å². The Kier molecular flexibility index (Phi) is 5.32. The van der Waals surface area contributed by atoms with Gasteiger partial charge >= 0.3 is 0 Å². The number of phenolic OH excluding ortho intramolecular Hbond substituents is 1. The summed E-state index contributed by atoms with van der Waals surface area (Å²) in [6, 6.07) is 11.3. The van der Waals surface area contributed by atoms with Crippen molar-refractivity contribution in [3.8, 4) is 5.75 Å². The van der Waals surface area contributed by atoms with E-state index in [1.165, 1.54) is 23.9 Å². The number of hydrogen-bond donors (Lipinski definition) is 2. The van der Waals surface area contributed by atoms with Crippen LogP contribution in [0.5, 0.6) is 5.75 Å². The van der Waals surface area contributed by atoms with Crippen LogP contribution in [0.15, 0.2) is 47.5 Å². The molecule has 1 heterocycles.